The Morgan fingerprint density at radius 3 is 1.55 bits per heavy atom. The fourth-order valence-electron chi connectivity index (χ4n) is 7.67. The third kappa shape index (κ3) is 37.4. The number of nitrogens with zero attached hydrogens (tertiary/aromatic N) is 1. The van der Waals surface area contributed by atoms with E-state index in [1.54, 1.807) is 30.5 Å². The molecule has 7 N–H and O–H groups in total. The van der Waals surface area contributed by atoms with E-state index in [1.165, 1.54) is 96.3 Å². The van der Waals surface area contributed by atoms with Gasteiger partial charge in [-0.25, -0.2) is 0 Å². The molecule has 0 spiro atoms. The second-order valence-corrected chi connectivity index (χ2v) is 18.2. The van der Waals surface area contributed by atoms with Gasteiger partial charge in [0.2, 0.25) is 17.7 Å². The molecule has 0 aliphatic rings. The van der Waals surface area contributed by atoms with Gasteiger partial charge >= 0.3 is 5.97 Å². The van der Waals surface area contributed by atoms with E-state index in [9.17, 15) is 24.0 Å². The summed E-state index contributed by atoms with van der Waals surface area (Å²) >= 11 is 0. The van der Waals surface area contributed by atoms with Crippen molar-refractivity contribution in [2.75, 3.05) is 26.2 Å². The molecular weight excluding hydrogens is 841 g/mol. The molecule has 1 aromatic rings. The number of benzene rings is 1. The first-order chi connectivity index (χ1) is 32.7. The summed E-state index contributed by atoms with van der Waals surface area (Å²) in [6.45, 7) is 5.50. The molecule has 1 aromatic carbocycles. The Morgan fingerprint density at radius 1 is 0.567 bits per heavy atom. The Bertz CT molecular complexity index is 1510. The smallest absolute Gasteiger partial charge is 0.320 e. The number of unbranched alkanes of at least 4 members (excludes halogenated alkanes) is 23. The summed E-state index contributed by atoms with van der Waals surface area (Å²) in [4.78, 5) is 66.8. The van der Waals surface area contributed by atoms with Crippen LogP contribution in [0.4, 0.5) is 0 Å². The Labute approximate surface area is 406 Å². The Hall–Kier alpha value is -4.32. The lowest BCUT2D eigenvalue weighted by atomic mass is 10.1. The van der Waals surface area contributed by atoms with Crippen molar-refractivity contribution in [3.8, 4) is 0 Å². The van der Waals surface area contributed by atoms with Crippen molar-refractivity contribution in [2.24, 2.45) is 10.7 Å². The zero-order valence-electron chi connectivity index (χ0n) is 42.1. The zero-order chi connectivity index (χ0) is 48.8. The molecule has 380 valence electrons. The van der Waals surface area contributed by atoms with Crippen LogP contribution in [-0.4, -0.2) is 79.2 Å². The van der Waals surface area contributed by atoms with Gasteiger partial charge in [0.25, 0.3) is 5.91 Å². The molecule has 0 aliphatic carbocycles. The van der Waals surface area contributed by atoms with Gasteiger partial charge in [0.1, 0.15) is 12.1 Å². The van der Waals surface area contributed by atoms with Crippen LogP contribution in [0.1, 0.15) is 229 Å². The molecule has 0 saturated heterocycles. The number of nitrogens with one attached hydrogen (secondary N) is 4. The van der Waals surface area contributed by atoms with Crippen molar-refractivity contribution in [3.63, 3.8) is 0 Å². The molecule has 0 aliphatic heterocycles. The van der Waals surface area contributed by atoms with Gasteiger partial charge in [-0.05, 0) is 101 Å². The van der Waals surface area contributed by atoms with Gasteiger partial charge < -0.3 is 32.1 Å². The van der Waals surface area contributed by atoms with Gasteiger partial charge in [-0.2, -0.15) is 0 Å². The number of rotatable bonds is 45. The number of aliphatic carboxylic acids is 1. The van der Waals surface area contributed by atoms with Crippen molar-refractivity contribution in [2.45, 2.75) is 225 Å². The van der Waals surface area contributed by atoms with Crippen LogP contribution < -0.4 is 27.0 Å². The maximum absolute atomic E-state index is 13.3. The number of nitrogens with two attached hydrogens (primary N) is 1. The maximum Gasteiger partial charge on any atom is 0.320 e. The van der Waals surface area contributed by atoms with Gasteiger partial charge in [0.05, 0.1) is 6.54 Å². The minimum atomic E-state index is -1.03. The Balaban J connectivity index is 2.48. The van der Waals surface area contributed by atoms with Gasteiger partial charge in [0.15, 0.2) is 0 Å². The molecule has 0 radical (unpaired) electrons. The summed E-state index contributed by atoms with van der Waals surface area (Å²) in [7, 11) is 0. The molecule has 2 unspecified atom stereocenters. The van der Waals surface area contributed by atoms with Crippen LogP contribution in [0.2, 0.25) is 0 Å². The first-order valence-electron chi connectivity index (χ1n) is 26.7. The number of carbonyl (C=O) groups excluding carboxylic acids is 4. The van der Waals surface area contributed by atoms with Crippen LogP contribution in [0, 0.1) is 0 Å². The maximum atomic E-state index is 13.3. The lowest BCUT2D eigenvalue weighted by Gasteiger charge is -2.19. The van der Waals surface area contributed by atoms with E-state index in [-0.39, 0.29) is 36.7 Å². The summed E-state index contributed by atoms with van der Waals surface area (Å²) < 4.78 is 0. The van der Waals surface area contributed by atoms with Crippen molar-refractivity contribution in [3.05, 3.63) is 59.7 Å². The molecule has 0 saturated carbocycles. The standard InChI is InChI=1S/C55H94N6O6/c1-3-5-7-9-11-13-15-17-19-21-23-25-27-29-31-36-51(62)60-46-50(61-52(63)37-32-30-28-26-24-22-20-18-16-14-12-10-8-6-4-2)54(65)59-44-43-57-45-47-38-40-48(41-39-47)53(64)58-42-34-33-35-49(56)55(66)67/h17-20,38-41,45,49-50H,3-16,21-37,42-44,46,56H2,1-2H3,(H,58,64)(H,59,65)(H,60,62)(H,61,63)(H,66,67)/b19-17+,20-18+,57-45?. The van der Waals surface area contributed by atoms with Gasteiger partial charge in [-0.1, -0.05) is 153 Å². The molecule has 2 atom stereocenters. The average molecular weight is 935 g/mol. The van der Waals surface area contributed by atoms with Crippen LogP contribution in [0.15, 0.2) is 53.6 Å². The second kappa shape index (κ2) is 44.2. The SMILES string of the molecule is CCCCCCCC/C=C/CCCCCCCC(=O)NCC(NC(=O)CCCCCCC/C=C/CCCCCCCC)C(=O)NCCN=Cc1ccc(C(=O)NCCCCC(N)C(=O)O)cc1. The van der Waals surface area contributed by atoms with Crippen molar-refractivity contribution >= 4 is 35.8 Å². The number of carboxylic acids is 1. The number of hydrogen-bond acceptors (Lipinski definition) is 7. The second-order valence-electron chi connectivity index (χ2n) is 18.2. The first kappa shape index (κ1) is 60.7. The average Bonchev–Trinajstić information content (AvgIpc) is 3.32. The van der Waals surface area contributed by atoms with Crippen LogP contribution in [-0.2, 0) is 19.2 Å². The number of carboxylic acid groups (broad SMARTS) is 1. The van der Waals surface area contributed by atoms with Crippen LogP contribution in [0.5, 0.6) is 0 Å². The van der Waals surface area contributed by atoms with Gasteiger partial charge in [-0.15, -0.1) is 0 Å². The van der Waals surface area contributed by atoms with Crippen molar-refractivity contribution in [1.82, 2.24) is 21.3 Å². The van der Waals surface area contributed by atoms with Gasteiger partial charge in [0, 0.05) is 44.3 Å². The fraction of sp³-hybridized carbons (Fsp3) is 0.709. The number of allylic oxidation sites excluding steroid dienone is 4. The monoisotopic (exact) mass is 935 g/mol. The molecule has 0 heterocycles. The Morgan fingerprint density at radius 2 is 1.04 bits per heavy atom. The minimum absolute atomic E-state index is 0.0237. The van der Waals surface area contributed by atoms with E-state index in [2.05, 4.69) is 64.4 Å². The Kier molecular flexibility index (Phi) is 40.0. The highest BCUT2D eigenvalue weighted by molar-refractivity contribution is 5.95. The predicted molar refractivity (Wildman–Crippen MR) is 278 cm³/mol. The predicted octanol–water partition coefficient (Wildman–Crippen LogP) is 11.2. The summed E-state index contributed by atoms with van der Waals surface area (Å²) in [5, 5.41) is 20.3. The van der Waals surface area contributed by atoms with E-state index in [0.717, 1.165) is 76.2 Å². The number of carbonyl (C=O) groups is 5. The van der Waals surface area contributed by atoms with Crippen LogP contribution >= 0.6 is 0 Å². The van der Waals surface area contributed by atoms with Gasteiger partial charge in [-0.3, -0.25) is 29.0 Å². The van der Waals surface area contributed by atoms with Crippen molar-refractivity contribution in [1.29, 1.82) is 0 Å². The summed E-state index contributed by atoms with van der Waals surface area (Å²) in [6, 6.07) is 5.19. The molecule has 0 bridgehead atoms. The molecule has 0 aromatic heterocycles. The molecule has 12 nitrogen and oxygen atoms in total. The van der Waals surface area contributed by atoms with Crippen LogP contribution in [0.3, 0.4) is 0 Å². The minimum Gasteiger partial charge on any atom is -0.480 e. The first-order valence-corrected chi connectivity index (χ1v) is 26.7. The van der Waals surface area contributed by atoms with Crippen molar-refractivity contribution < 1.29 is 29.1 Å². The third-order valence-electron chi connectivity index (χ3n) is 12.0. The van der Waals surface area contributed by atoms with E-state index in [0.29, 0.717) is 50.8 Å². The normalized spacial score (nSPS) is 12.5. The van der Waals surface area contributed by atoms with E-state index in [4.69, 9.17) is 10.8 Å². The van der Waals surface area contributed by atoms with Crippen LogP contribution in [0.25, 0.3) is 0 Å². The quantitative estimate of drug-likeness (QED) is 0.0213. The highest BCUT2D eigenvalue weighted by atomic mass is 16.4. The molecule has 12 heteroatoms. The molecule has 67 heavy (non-hydrogen) atoms. The van der Waals surface area contributed by atoms with E-state index >= 15 is 0 Å². The van der Waals surface area contributed by atoms with E-state index < -0.39 is 18.1 Å². The lowest BCUT2D eigenvalue weighted by Crippen LogP contribution is -2.53. The zero-order valence-corrected chi connectivity index (χ0v) is 42.1. The molecule has 4 amide bonds. The highest BCUT2D eigenvalue weighted by Crippen LogP contribution is 2.12. The number of aliphatic imine (C=N–C) groups is 1. The lowest BCUT2D eigenvalue weighted by molar-refractivity contribution is -0.138. The summed E-state index contributed by atoms with van der Waals surface area (Å²) in [6.07, 6.45) is 44.1. The summed E-state index contributed by atoms with van der Waals surface area (Å²) in [5.74, 6) is -1.92. The summed E-state index contributed by atoms with van der Waals surface area (Å²) in [5.41, 5.74) is 6.81. The topological polar surface area (TPSA) is 192 Å². The largest absolute Gasteiger partial charge is 0.480 e. The fourth-order valence-corrected chi connectivity index (χ4v) is 7.67. The number of hydrogen-bond donors (Lipinski definition) is 6. The molecule has 0 fully saturated rings. The molecule has 1 rings (SSSR count). The third-order valence-corrected chi connectivity index (χ3v) is 12.0. The number of amides is 4. The molecular formula is C55H94N6O6. The van der Waals surface area contributed by atoms with E-state index in [1.807, 2.05) is 0 Å². The highest BCUT2D eigenvalue weighted by Gasteiger charge is 2.21.